The second-order valence-corrected chi connectivity index (χ2v) is 5.70. The van der Waals surface area contributed by atoms with E-state index in [1.807, 2.05) is 6.92 Å². The first-order valence-electron chi connectivity index (χ1n) is 5.39. The van der Waals surface area contributed by atoms with Gasteiger partial charge in [-0.3, -0.25) is 4.79 Å². The molecule has 0 atom stereocenters. The molecule has 0 bridgehead atoms. The van der Waals surface area contributed by atoms with Crippen molar-refractivity contribution in [2.24, 2.45) is 0 Å². The maximum absolute atomic E-state index is 11.6. The van der Waals surface area contributed by atoms with Gasteiger partial charge in [-0.15, -0.1) is 0 Å². The largest absolute Gasteiger partial charge is 0.481 e. The van der Waals surface area contributed by atoms with Gasteiger partial charge in [0.1, 0.15) is 0 Å². The van der Waals surface area contributed by atoms with Gasteiger partial charge in [0.2, 0.25) is 0 Å². The van der Waals surface area contributed by atoms with E-state index in [1.165, 1.54) is 0 Å². The zero-order valence-corrected chi connectivity index (χ0v) is 10.1. The Balaban J connectivity index is 2.59. The summed E-state index contributed by atoms with van der Waals surface area (Å²) in [6.45, 7) is 2.22. The number of carboxylic acid groups (broad SMARTS) is 1. The third-order valence-electron chi connectivity index (χ3n) is 2.69. The van der Waals surface area contributed by atoms with E-state index >= 15 is 0 Å². The minimum absolute atomic E-state index is 0.153. The highest BCUT2D eigenvalue weighted by molar-refractivity contribution is 7.87. The lowest BCUT2D eigenvalue weighted by atomic mass is 9.75. The Hall–Kier alpha value is -0.660. The topological polar surface area (TPSA) is 95.5 Å². The standard InChI is InChI=1S/C9H18N2O4S/c1-2-6-10-16(14,15)11-9(4-3-5-9)7-8(12)13/h10-11H,2-7H2,1H3,(H,12,13). The Kier molecular flexibility index (Phi) is 4.28. The predicted octanol–water partition coefficient (Wildman–Crippen LogP) is 0.218. The molecule has 1 aliphatic rings. The summed E-state index contributed by atoms with van der Waals surface area (Å²) in [4.78, 5) is 10.7. The van der Waals surface area contributed by atoms with Gasteiger partial charge in [-0.2, -0.15) is 13.1 Å². The number of nitrogens with one attached hydrogen (secondary N) is 2. The fourth-order valence-electron chi connectivity index (χ4n) is 1.77. The SMILES string of the molecule is CCCNS(=O)(=O)NC1(CC(=O)O)CCC1. The fraction of sp³-hybridized carbons (Fsp3) is 0.889. The molecule has 0 aromatic heterocycles. The maximum Gasteiger partial charge on any atom is 0.305 e. The molecule has 0 spiro atoms. The van der Waals surface area contributed by atoms with Gasteiger partial charge in [0.25, 0.3) is 10.2 Å². The van der Waals surface area contributed by atoms with Crippen LogP contribution in [0.5, 0.6) is 0 Å². The third kappa shape index (κ3) is 3.73. The van der Waals surface area contributed by atoms with Crippen molar-refractivity contribution < 1.29 is 18.3 Å². The number of hydrogen-bond acceptors (Lipinski definition) is 3. The molecule has 16 heavy (non-hydrogen) atoms. The average molecular weight is 250 g/mol. The molecule has 1 rings (SSSR count). The first kappa shape index (κ1) is 13.4. The Bertz CT molecular complexity index is 349. The Morgan fingerprint density at radius 2 is 2.06 bits per heavy atom. The number of rotatable bonds is 7. The van der Waals surface area contributed by atoms with E-state index in [0.29, 0.717) is 25.8 Å². The zero-order chi connectivity index (χ0) is 12.2. The Morgan fingerprint density at radius 1 is 1.44 bits per heavy atom. The van der Waals surface area contributed by atoms with Gasteiger partial charge in [0.05, 0.1) is 6.42 Å². The summed E-state index contributed by atoms with van der Waals surface area (Å²) >= 11 is 0. The van der Waals surface area contributed by atoms with Crippen molar-refractivity contribution in [1.82, 2.24) is 9.44 Å². The molecule has 94 valence electrons. The van der Waals surface area contributed by atoms with Crippen molar-refractivity contribution in [2.45, 2.75) is 44.6 Å². The first-order chi connectivity index (χ1) is 7.39. The quantitative estimate of drug-likeness (QED) is 0.602. The lowest BCUT2D eigenvalue weighted by Crippen LogP contribution is -2.57. The van der Waals surface area contributed by atoms with Crippen LogP contribution in [-0.2, 0) is 15.0 Å². The lowest BCUT2D eigenvalue weighted by Gasteiger charge is -2.40. The van der Waals surface area contributed by atoms with Crippen molar-refractivity contribution >= 4 is 16.2 Å². The molecule has 0 amide bonds. The van der Waals surface area contributed by atoms with E-state index in [4.69, 9.17) is 5.11 Å². The molecule has 0 radical (unpaired) electrons. The molecular weight excluding hydrogens is 232 g/mol. The van der Waals surface area contributed by atoms with Crippen molar-refractivity contribution in [3.8, 4) is 0 Å². The van der Waals surface area contributed by atoms with Crippen molar-refractivity contribution in [3.63, 3.8) is 0 Å². The fourth-order valence-corrected chi connectivity index (χ4v) is 3.16. The highest BCUT2D eigenvalue weighted by Gasteiger charge is 2.42. The van der Waals surface area contributed by atoms with Gasteiger partial charge < -0.3 is 5.11 Å². The average Bonchev–Trinajstić information content (AvgIpc) is 2.10. The van der Waals surface area contributed by atoms with Crippen LogP contribution in [0.1, 0.15) is 39.0 Å². The normalized spacial score (nSPS) is 19.1. The van der Waals surface area contributed by atoms with Crippen LogP contribution in [-0.4, -0.2) is 31.6 Å². The van der Waals surface area contributed by atoms with Gasteiger partial charge in [0.15, 0.2) is 0 Å². The van der Waals surface area contributed by atoms with Gasteiger partial charge in [-0.25, -0.2) is 4.72 Å². The summed E-state index contributed by atoms with van der Waals surface area (Å²) in [6, 6.07) is 0. The smallest absolute Gasteiger partial charge is 0.305 e. The summed E-state index contributed by atoms with van der Waals surface area (Å²) in [6.07, 6.45) is 2.59. The van der Waals surface area contributed by atoms with Crippen LogP contribution in [0.2, 0.25) is 0 Å². The molecule has 7 heteroatoms. The molecule has 0 aliphatic heterocycles. The van der Waals surface area contributed by atoms with Crippen LogP contribution in [0.3, 0.4) is 0 Å². The summed E-state index contributed by atoms with van der Waals surface area (Å²) in [5, 5.41) is 8.73. The van der Waals surface area contributed by atoms with Crippen LogP contribution >= 0.6 is 0 Å². The van der Waals surface area contributed by atoms with E-state index in [-0.39, 0.29) is 6.42 Å². The molecule has 0 unspecified atom stereocenters. The van der Waals surface area contributed by atoms with Gasteiger partial charge in [-0.05, 0) is 25.7 Å². The predicted molar refractivity (Wildman–Crippen MR) is 59.2 cm³/mol. The molecule has 0 aromatic rings. The minimum atomic E-state index is -3.57. The van der Waals surface area contributed by atoms with E-state index in [9.17, 15) is 13.2 Å². The van der Waals surface area contributed by atoms with Crippen molar-refractivity contribution in [2.75, 3.05) is 6.54 Å². The maximum atomic E-state index is 11.6. The van der Waals surface area contributed by atoms with Crippen LogP contribution in [0.4, 0.5) is 0 Å². The Labute approximate surface area is 95.6 Å². The summed E-state index contributed by atoms with van der Waals surface area (Å²) in [7, 11) is -3.57. The minimum Gasteiger partial charge on any atom is -0.481 e. The van der Waals surface area contributed by atoms with Gasteiger partial charge >= 0.3 is 5.97 Å². The second-order valence-electron chi connectivity index (χ2n) is 4.20. The number of aliphatic carboxylic acids is 1. The van der Waals surface area contributed by atoms with E-state index in [2.05, 4.69) is 9.44 Å². The molecule has 1 saturated carbocycles. The molecule has 3 N–H and O–H groups in total. The molecule has 1 fully saturated rings. The summed E-state index contributed by atoms with van der Waals surface area (Å²) in [5.74, 6) is -0.974. The third-order valence-corrected chi connectivity index (χ3v) is 3.98. The van der Waals surface area contributed by atoms with Crippen LogP contribution in [0.15, 0.2) is 0 Å². The molecule has 0 heterocycles. The Morgan fingerprint density at radius 3 is 2.44 bits per heavy atom. The molecule has 6 nitrogen and oxygen atoms in total. The lowest BCUT2D eigenvalue weighted by molar-refractivity contribution is -0.139. The van der Waals surface area contributed by atoms with Gasteiger partial charge in [0, 0.05) is 12.1 Å². The number of carbonyl (C=O) groups is 1. The highest BCUT2D eigenvalue weighted by Crippen LogP contribution is 2.35. The van der Waals surface area contributed by atoms with E-state index in [0.717, 1.165) is 6.42 Å². The molecule has 1 aliphatic carbocycles. The molecule has 0 aromatic carbocycles. The first-order valence-corrected chi connectivity index (χ1v) is 6.88. The summed E-state index contributed by atoms with van der Waals surface area (Å²) < 4.78 is 28.0. The number of hydrogen-bond donors (Lipinski definition) is 3. The zero-order valence-electron chi connectivity index (χ0n) is 9.32. The summed E-state index contributed by atoms with van der Waals surface area (Å²) in [5.41, 5.74) is -0.772. The van der Waals surface area contributed by atoms with Gasteiger partial charge in [-0.1, -0.05) is 6.92 Å². The van der Waals surface area contributed by atoms with Crippen LogP contribution in [0.25, 0.3) is 0 Å². The van der Waals surface area contributed by atoms with E-state index in [1.54, 1.807) is 0 Å². The highest BCUT2D eigenvalue weighted by atomic mass is 32.2. The number of carboxylic acids is 1. The second kappa shape index (κ2) is 5.11. The monoisotopic (exact) mass is 250 g/mol. The van der Waals surface area contributed by atoms with Crippen LogP contribution < -0.4 is 9.44 Å². The van der Waals surface area contributed by atoms with Crippen molar-refractivity contribution in [3.05, 3.63) is 0 Å². The molecular formula is C9H18N2O4S. The molecule has 0 saturated heterocycles. The van der Waals surface area contributed by atoms with Crippen LogP contribution in [0, 0.1) is 0 Å². The van der Waals surface area contributed by atoms with Crippen molar-refractivity contribution in [1.29, 1.82) is 0 Å². The van der Waals surface area contributed by atoms with E-state index < -0.39 is 21.7 Å².